The van der Waals surface area contributed by atoms with Gasteiger partial charge in [0.1, 0.15) is 0 Å². The number of carbonyl (C=O) groups excluding carboxylic acids is 1. The Morgan fingerprint density at radius 2 is 2.15 bits per heavy atom. The van der Waals surface area contributed by atoms with Crippen molar-refractivity contribution in [3.8, 4) is 0 Å². The number of rotatable bonds is 5. The Bertz CT molecular complexity index is 597. The number of hydrogen-bond donors (Lipinski definition) is 2. The molecule has 20 heavy (non-hydrogen) atoms. The molecule has 0 fully saturated rings. The van der Waals surface area contributed by atoms with Crippen molar-refractivity contribution in [3.63, 3.8) is 0 Å². The van der Waals surface area contributed by atoms with Crippen molar-refractivity contribution in [1.29, 1.82) is 0 Å². The molecule has 2 aromatic rings. The van der Waals surface area contributed by atoms with Crippen molar-refractivity contribution in [2.24, 2.45) is 0 Å². The highest BCUT2D eigenvalue weighted by atomic mass is 16.2. The number of pyridine rings is 1. The normalized spacial score (nSPS) is 10.3. The molecule has 0 aliphatic rings. The lowest BCUT2D eigenvalue weighted by Gasteiger charge is -2.08. The number of aryl methyl sites for hydroxylation is 2. The number of aromatic nitrogens is 1. The van der Waals surface area contributed by atoms with Crippen LogP contribution < -0.4 is 5.32 Å². The van der Waals surface area contributed by atoms with E-state index in [1.54, 1.807) is 18.3 Å². The fourth-order valence-corrected chi connectivity index (χ4v) is 2.01. The van der Waals surface area contributed by atoms with E-state index in [4.69, 9.17) is 5.11 Å². The maximum atomic E-state index is 12.2. The average molecular weight is 270 g/mol. The van der Waals surface area contributed by atoms with Crippen LogP contribution in [0.25, 0.3) is 0 Å². The zero-order valence-corrected chi connectivity index (χ0v) is 11.5. The average Bonchev–Trinajstić information content (AvgIpc) is 2.46. The summed E-state index contributed by atoms with van der Waals surface area (Å²) in [5.74, 6) is -0.157. The fourth-order valence-electron chi connectivity index (χ4n) is 2.01. The first-order chi connectivity index (χ1) is 9.70. The second-order valence-corrected chi connectivity index (χ2v) is 4.62. The summed E-state index contributed by atoms with van der Waals surface area (Å²) in [4.78, 5) is 16.3. The summed E-state index contributed by atoms with van der Waals surface area (Å²) in [6.07, 6.45) is 3.19. The number of aliphatic hydroxyl groups excluding tert-OH is 1. The van der Waals surface area contributed by atoms with Crippen LogP contribution in [0.4, 0.5) is 5.69 Å². The summed E-state index contributed by atoms with van der Waals surface area (Å²) in [6, 6.07) is 11.2. The molecular weight excluding hydrogens is 252 g/mol. The van der Waals surface area contributed by atoms with E-state index in [-0.39, 0.29) is 12.5 Å². The van der Waals surface area contributed by atoms with Gasteiger partial charge >= 0.3 is 0 Å². The van der Waals surface area contributed by atoms with Crippen LogP contribution in [0.5, 0.6) is 0 Å². The second kappa shape index (κ2) is 6.82. The first kappa shape index (κ1) is 14.2. The maximum absolute atomic E-state index is 12.2. The van der Waals surface area contributed by atoms with Gasteiger partial charge in [-0.3, -0.25) is 9.78 Å². The number of nitrogens with one attached hydrogen (secondary N) is 1. The number of carbonyl (C=O) groups is 1. The van der Waals surface area contributed by atoms with E-state index in [0.717, 1.165) is 24.1 Å². The number of anilines is 1. The number of aliphatic hydroxyl groups is 1. The van der Waals surface area contributed by atoms with Gasteiger partial charge in [-0.1, -0.05) is 12.1 Å². The van der Waals surface area contributed by atoms with E-state index in [0.29, 0.717) is 11.3 Å². The molecule has 1 amide bonds. The van der Waals surface area contributed by atoms with Gasteiger partial charge in [-0.25, -0.2) is 0 Å². The minimum absolute atomic E-state index is 0.157. The first-order valence-electron chi connectivity index (χ1n) is 6.63. The first-order valence-corrected chi connectivity index (χ1v) is 6.63. The largest absolute Gasteiger partial charge is 0.396 e. The van der Waals surface area contributed by atoms with Crippen LogP contribution in [0.2, 0.25) is 0 Å². The molecule has 0 saturated heterocycles. The molecule has 0 spiro atoms. The Kier molecular flexibility index (Phi) is 4.85. The molecule has 2 N–H and O–H groups in total. The fraction of sp³-hybridized carbons (Fsp3) is 0.250. The molecule has 1 aromatic carbocycles. The summed E-state index contributed by atoms with van der Waals surface area (Å²) >= 11 is 0. The van der Waals surface area contributed by atoms with E-state index in [2.05, 4.69) is 10.3 Å². The lowest BCUT2D eigenvalue weighted by molar-refractivity contribution is 0.102. The summed E-state index contributed by atoms with van der Waals surface area (Å²) in [5, 5.41) is 11.7. The third kappa shape index (κ3) is 3.65. The van der Waals surface area contributed by atoms with Gasteiger partial charge < -0.3 is 10.4 Å². The molecule has 0 bridgehead atoms. The molecule has 1 heterocycles. The molecule has 104 valence electrons. The second-order valence-electron chi connectivity index (χ2n) is 4.62. The van der Waals surface area contributed by atoms with Gasteiger partial charge in [0.05, 0.1) is 5.56 Å². The van der Waals surface area contributed by atoms with Gasteiger partial charge in [0.15, 0.2) is 0 Å². The quantitative estimate of drug-likeness (QED) is 0.877. The number of benzene rings is 1. The highest BCUT2D eigenvalue weighted by Crippen LogP contribution is 2.14. The SMILES string of the molecule is Cc1ncccc1C(=O)Nc1cccc(CCCO)c1. The van der Waals surface area contributed by atoms with Gasteiger partial charge in [-0.05, 0) is 49.6 Å². The van der Waals surface area contributed by atoms with E-state index in [9.17, 15) is 4.79 Å². The van der Waals surface area contributed by atoms with Crippen molar-refractivity contribution in [2.45, 2.75) is 19.8 Å². The zero-order valence-electron chi connectivity index (χ0n) is 11.5. The smallest absolute Gasteiger partial charge is 0.257 e. The molecule has 2 rings (SSSR count). The maximum Gasteiger partial charge on any atom is 0.257 e. The van der Waals surface area contributed by atoms with Gasteiger partial charge in [-0.15, -0.1) is 0 Å². The lowest BCUT2D eigenvalue weighted by Crippen LogP contribution is -2.14. The minimum Gasteiger partial charge on any atom is -0.396 e. The highest BCUT2D eigenvalue weighted by molar-refractivity contribution is 6.04. The van der Waals surface area contributed by atoms with Crippen LogP contribution in [0.3, 0.4) is 0 Å². The van der Waals surface area contributed by atoms with Gasteiger partial charge in [0.2, 0.25) is 0 Å². The Morgan fingerprint density at radius 3 is 2.90 bits per heavy atom. The molecule has 0 aliphatic carbocycles. The van der Waals surface area contributed by atoms with Crippen LogP contribution in [0.15, 0.2) is 42.6 Å². The Hall–Kier alpha value is -2.20. The van der Waals surface area contributed by atoms with Gasteiger partial charge in [0, 0.05) is 24.2 Å². The van der Waals surface area contributed by atoms with E-state index in [1.165, 1.54) is 0 Å². The number of nitrogens with zero attached hydrogens (tertiary/aromatic N) is 1. The van der Waals surface area contributed by atoms with Crippen molar-refractivity contribution >= 4 is 11.6 Å². The summed E-state index contributed by atoms with van der Waals surface area (Å²) in [7, 11) is 0. The Labute approximate surface area is 118 Å². The van der Waals surface area contributed by atoms with Gasteiger partial charge in [0.25, 0.3) is 5.91 Å². The van der Waals surface area contributed by atoms with Gasteiger partial charge in [-0.2, -0.15) is 0 Å². The van der Waals surface area contributed by atoms with E-state index < -0.39 is 0 Å². The number of amides is 1. The van der Waals surface area contributed by atoms with E-state index >= 15 is 0 Å². The molecule has 0 radical (unpaired) electrons. The molecule has 4 heteroatoms. The third-order valence-corrected chi connectivity index (χ3v) is 3.06. The molecule has 0 unspecified atom stereocenters. The Balaban J connectivity index is 2.10. The predicted octanol–water partition coefficient (Wildman–Crippen LogP) is 2.57. The molecule has 0 atom stereocenters. The standard InChI is InChI=1S/C16H18N2O2/c1-12-15(8-3-9-17-12)16(20)18-14-7-2-5-13(11-14)6-4-10-19/h2-3,5,7-9,11,19H,4,6,10H2,1H3,(H,18,20). The molecule has 4 nitrogen and oxygen atoms in total. The van der Waals surface area contributed by atoms with Crippen LogP contribution >= 0.6 is 0 Å². The lowest BCUT2D eigenvalue weighted by atomic mass is 10.1. The van der Waals surface area contributed by atoms with Crippen molar-refractivity contribution in [2.75, 3.05) is 11.9 Å². The Morgan fingerprint density at radius 1 is 1.30 bits per heavy atom. The van der Waals surface area contributed by atoms with Crippen molar-refractivity contribution < 1.29 is 9.90 Å². The molecule has 1 aromatic heterocycles. The van der Waals surface area contributed by atoms with Crippen LogP contribution in [0, 0.1) is 6.92 Å². The third-order valence-electron chi connectivity index (χ3n) is 3.06. The monoisotopic (exact) mass is 270 g/mol. The summed E-state index contributed by atoms with van der Waals surface area (Å²) < 4.78 is 0. The summed E-state index contributed by atoms with van der Waals surface area (Å²) in [5.41, 5.74) is 3.14. The summed E-state index contributed by atoms with van der Waals surface area (Å²) in [6.45, 7) is 1.98. The van der Waals surface area contributed by atoms with Crippen molar-refractivity contribution in [1.82, 2.24) is 4.98 Å². The van der Waals surface area contributed by atoms with E-state index in [1.807, 2.05) is 31.2 Å². The van der Waals surface area contributed by atoms with Crippen molar-refractivity contribution in [3.05, 3.63) is 59.4 Å². The zero-order chi connectivity index (χ0) is 14.4. The highest BCUT2D eigenvalue weighted by Gasteiger charge is 2.09. The van der Waals surface area contributed by atoms with Crippen LogP contribution in [0.1, 0.15) is 28.0 Å². The molecule has 0 saturated carbocycles. The minimum atomic E-state index is -0.157. The topological polar surface area (TPSA) is 62.2 Å². The van der Waals surface area contributed by atoms with Crippen LogP contribution in [-0.4, -0.2) is 22.6 Å². The van der Waals surface area contributed by atoms with Crippen LogP contribution in [-0.2, 0) is 6.42 Å². The molecular formula is C16H18N2O2. The molecule has 0 aliphatic heterocycles. The number of hydrogen-bond acceptors (Lipinski definition) is 3. The predicted molar refractivity (Wildman–Crippen MR) is 78.8 cm³/mol.